The van der Waals surface area contributed by atoms with Crippen molar-refractivity contribution in [3.05, 3.63) is 36.5 Å². The molecule has 0 aromatic carbocycles. The standard InChI is InChI=1S/C19H25N3O4S/c1-4-10-26-18(25)14-19(2,3)27-17-13(16(24)22(14)17)21-15(23)12(20)11-8-6-5-7-9-11/h4,6,8-9,12-14,17H,1,5,7,10,20H2,2-3H3,(H,21,23)/t12-,13-,14+,17-/m1/s1. The Bertz CT molecular complexity index is 730. The third-order valence-corrected chi connectivity index (χ3v) is 6.54. The Morgan fingerprint density at radius 3 is 2.89 bits per heavy atom. The van der Waals surface area contributed by atoms with E-state index in [0.29, 0.717) is 0 Å². The van der Waals surface area contributed by atoms with Crippen LogP contribution in [-0.2, 0) is 19.1 Å². The van der Waals surface area contributed by atoms with Crippen LogP contribution in [0.5, 0.6) is 0 Å². The molecule has 0 saturated carbocycles. The van der Waals surface area contributed by atoms with Crippen molar-refractivity contribution in [3.63, 3.8) is 0 Å². The van der Waals surface area contributed by atoms with Gasteiger partial charge < -0.3 is 20.7 Å². The summed E-state index contributed by atoms with van der Waals surface area (Å²) in [6.07, 6.45) is 9.05. The minimum atomic E-state index is -0.809. The van der Waals surface area contributed by atoms with Crippen LogP contribution in [0.15, 0.2) is 36.5 Å². The van der Waals surface area contributed by atoms with Crippen LogP contribution in [0, 0.1) is 0 Å². The van der Waals surface area contributed by atoms with E-state index >= 15 is 0 Å². The number of carbonyl (C=O) groups is 3. The van der Waals surface area contributed by atoms with Gasteiger partial charge in [-0.05, 0) is 32.3 Å². The lowest BCUT2D eigenvalue weighted by atomic mass is 9.95. The van der Waals surface area contributed by atoms with Gasteiger partial charge in [-0.1, -0.05) is 30.9 Å². The van der Waals surface area contributed by atoms with Gasteiger partial charge in [0.05, 0.1) is 0 Å². The first kappa shape index (κ1) is 19.7. The number of thioether (sulfide) groups is 1. The number of ether oxygens (including phenoxy) is 1. The molecule has 3 rings (SSSR count). The van der Waals surface area contributed by atoms with Gasteiger partial charge in [-0.25, -0.2) is 4.79 Å². The Labute approximate surface area is 163 Å². The van der Waals surface area contributed by atoms with Gasteiger partial charge in [0.1, 0.15) is 30.1 Å². The number of nitrogens with one attached hydrogen (secondary N) is 1. The Kier molecular flexibility index (Phi) is 5.48. The van der Waals surface area contributed by atoms with Gasteiger partial charge in [0, 0.05) is 4.75 Å². The Hall–Kier alpha value is -2.06. The normalized spacial score (nSPS) is 29.3. The van der Waals surface area contributed by atoms with Crippen molar-refractivity contribution < 1.29 is 19.1 Å². The van der Waals surface area contributed by atoms with E-state index in [9.17, 15) is 14.4 Å². The average molecular weight is 391 g/mol. The molecule has 0 bridgehead atoms. The fourth-order valence-electron chi connectivity index (χ4n) is 3.61. The number of carbonyl (C=O) groups excluding carboxylic acids is 3. The second kappa shape index (κ2) is 7.52. The monoisotopic (exact) mass is 391 g/mol. The second-order valence-corrected chi connectivity index (χ2v) is 9.10. The minimum absolute atomic E-state index is 0.0976. The summed E-state index contributed by atoms with van der Waals surface area (Å²) < 4.78 is 4.64. The maximum atomic E-state index is 12.7. The molecular weight excluding hydrogens is 366 g/mol. The van der Waals surface area contributed by atoms with E-state index in [1.807, 2.05) is 32.1 Å². The van der Waals surface area contributed by atoms with Crippen LogP contribution in [0.2, 0.25) is 0 Å². The maximum Gasteiger partial charge on any atom is 0.330 e. The average Bonchev–Trinajstić information content (AvgIpc) is 2.92. The molecule has 2 fully saturated rings. The van der Waals surface area contributed by atoms with Gasteiger partial charge in [-0.2, -0.15) is 0 Å². The van der Waals surface area contributed by atoms with E-state index in [0.717, 1.165) is 18.4 Å². The quantitative estimate of drug-likeness (QED) is 0.396. The summed E-state index contributed by atoms with van der Waals surface area (Å²) in [6, 6.07) is -2.18. The molecule has 0 aromatic rings. The third kappa shape index (κ3) is 3.55. The molecule has 146 valence electrons. The number of hydrogen-bond acceptors (Lipinski definition) is 6. The number of esters is 1. The summed E-state index contributed by atoms with van der Waals surface area (Å²) in [5.41, 5.74) is 6.80. The number of rotatable bonds is 6. The van der Waals surface area contributed by atoms with Gasteiger partial charge in [-0.15, -0.1) is 11.8 Å². The second-order valence-electron chi connectivity index (χ2n) is 7.33. The molecule has 4 atom stereocenters. The smallest absolute Gasteiger partial charge is 0.330 e. The van der Waals surface area contributed by atoms with Crippen LogP contribution in [-0.4, -0.2) is 57.5 Å². The number of hydrogen-bond donors (Lipinski definition) is 2. The van der Waals surface area contributed by atoms with E-state index in [-0.39, 0.29) is 23.8 Å². The number of β-lactam (4-membered cyclic amide) rings is 1. The molecule has 0 radical (unpaired) electrons. The van der Waals surface area contributed by atoms with Gasteiger partial charge in [0.15, 0.2) is 0 Å². The van der Waals surface area contributed by atoms with Gasteiger partial charge in [0.2, 0.25) is 11.8 Å². The van der Waals surface area contributed by atoms with E-state index in [1.165, 1.54) is 22.7 Å². The van der Waals surface area contributed by atoms with E-state index in [2.05, 4.69) is 11.9 Å². The Balaban J connectivity index is 1.67. The lowest BCUT2D eigenvalue weighted by Gasteiger charge is -2.44. The highest BCUT2D eigenvalue weighted by Crippen LogP contribution is 2.51. The molecule has 0 spiro atoms. The predicted octanol–water partition coefficient (Wildman–Crippen LogP) is 0.866. The molecule has 2 saturated heterocycles. The Morgan fingerprint density at radius 1 is 1.52 bits per heavy atom. The van der Waals surface area contributed by atoms with Crippen molar-refractivity contribution in [3.8, 4) is 0 Å². The minimum Gasteiger partial charge on any atom is -0.460 e. The summed E-state index contributed by atoms with van der Waals surface area (Å²) >= 11 is 1.48. The number of allylic oxidation sites excluding steroid dienone is 2. The zero-order chi connectivity index (χ0) is 19.8. The molecule has 2 heterocycles. The molecular formula is C19H25N3O4S. The van der Waals surface area contributed by atoms with Crippen molar-refractivity contribution in [2.45, 2.75) is 54.9 Å². The number of nitrogens with two attached hydrogens (primary N) is 1. The van der Waals surface area contributed by atoms with Crippen molar-refractivity contribution in [2.24, 2.45) is 5.73 Å². The van der Waals surface area contributed by atoms with E-state index < -0.39 is 28.8 Å². The van der Waals surface area contributed by atoms with Crippen LogP contribution in [0.25, 0.3) is 0 Å². The summed E-state index contributed by atoms with van der Waals surface area (Å²) in [4.78, 5) is 39.1. The Morgan fingerprint density at radius 2 is 2.26 bits per heavy atom. The number of fused-ring (bicyclic) bond motifs is 1. The van der Waals surface area contributed by atoms with Crippen molar-refractivity contribution >= 4 is 29.5 Å². The molecule has 7 nitrogen and oxygen atoms in total. The zero-order valence-corrected chi connectivity index (χ0v) is 16.3. The topological polar surface area (TPSA) is 102 Å². The molecule has 8 heteroatoms. The summed E-state index contributed by atoms with van der Waals surface area (Å²) in [5, 5.41) is 2.45. The predicted molar refractivity (Wildman–Crippen MR) is 104 cm³/mol. The first-order chi connectivity index (χ1) is 12.8. The van der Waals surface area contributed by atoms with E-state index in [4.69, 9.17) is 10.5 Å². The third-order valence-electron chi connectivity index (χ3n) is 4.97. The fourth-order valence-corrected chi connectivity index (χ4v) is 5.23. The molecule has 2 aliphatic heterocycles. The molecule has 27 heavy (non-hydrogen) atoms. The molecule has 3 N–H and O–H groups in total. The molecule has 3 aliphatic rings. The van der Waals surface area contributed by atoms with Crippen LogP contribution >= 0.6 is 11.8 Å². The first-order valence-electron chi connectivity index (χ1n) is 8.98. The van der Waals surface area contributed by atoms with E-state index in [1.54, 1.807) is 0 Å². The lowest BCUT2D eigenvalue weighted by Crippen LogP contribution is -2.71. The SMILES string of the molecule is C=CCOC(=O)[C@@H]1N2C(=O)[C@@H](NC(=O)[C@H](N)C3=CCCC=C3)[C@H]2SC1(C)C. The largest absolute Gasteiger partial charge is 0.460 e. The van der Waals surface area contributed by atoms with Crippen LogP contribution in [0.3, 0.4) is 0 Å². The fraction of sp³-hybridized carbons (Fsp3) is 0.526. The van der Waals surface area contributed by atoms with Crippen LogP contribution in [0.1, 0.15) is 26.7 Å². The van der Waals surface area contributed by atoms with Gasteiger partial charge in [-0.3, -0.25) is 9.59 Å². The van der Waals surface area contributed by atoms with Crippen LogP contribution < -0.4 is 11.1 Å². The highest BCUT2D eigenvalue weighted by Gasteiger charge is 2.64. The highest BCUT2D eigenvalue weighted by molar-refractivity contribution is 8.01. The molecule has 0 aromatic heterocycles. The number of nitrogens with zero attached hydrogens (tertiary/aromatic N) is 1. The zero-order valence-electron chi connectivity index (χ0n) is 15.5. The summed E-state index contributed by atoms with van der Waals surface area (Å²) in [6.45, 7) is 7.41. The lowest BCUT2D eigenvalue weighted by molar-refractivity contribution is -0.163. The van der Waals surface area contributed by atoms with Crippen molar-refractivity contribution in [1.29, 1.82) is 0 Å². The van der Waals surface area contributed by atoms with Gasteiger partial charge in [0.25, 0.3) is 0 Å². The van der Waals surface area contributed by atoms with Gasteiger partial charge >= 0.3 is 5.97 Å². The summed E-state index contributed by atoms with van der Waals surface area (Å²) in [5.74, 6) is -1.13. The highest BCUT2D eigenvalue weighted by atomic mass is 32.2. The molecule has 2 amide bonds. The molecule has 0 unspecified atom stereocenters. The first-order valence-corrected chi connectivity index (χ1v) is 9.86. The number of amides is 2. The summed E-state index contributed by atoms with van der Waals surface area (Å²) in [7, 11) is 0. The van der Waals surface area contributed by atoms with Crippen LogP contribution in [0.4, 0.5) is 0 Å². The molecule has 1 aliphatic carbocycles. The van der Waals surface area contributed by atoms with Crippen molar-refractivity contribution in [1.82, 2.24) is 10.2 Å². The maximum absolute atomic E-state index is 12.7. The van der Waals surface area contributed by atoms with Crippen molar-refractivity contribution in [2.75, 3.05) is 6.61 Å².